The predicted octanol–water partition coefficient (Wildman–Crippen LogP) is 3.50. The Balaban J connectivity index is 2.45. The number of nitrogens with two attached hydrogens (primary N) is 1. The van der Waals surface area contributed by atoms with Crippen molar-refractivity contribution >= 4 is 0 Å². The second-order valence-electron chi connectivity index (χ2n) is 4.42. The van der Waals surface area contributed by atoms with E-state index in [9.17, 15) is 0 Å². The molecule has 102 valence electrons. The van der Waals surface area contributed by atoms with E-state index >= 15 is 0 Å². The standard InChI is InChI=1S/C15H25NO2/c1-3-4-5-6-7-11-18-15-13(12-16)9-8-10-14(15)17-2/h8-10H,3-7,11-12,16H2,1-2H3. The summed E-state index contributed by atoms with van der Waals surface area (Å²) in [5.41, 5.74) is 6.71. The lowest BCUT2D eigenvalue weighted by atomic mass is 10.1. The quantitative estimate of drug-likeness (QED) is 0.683. The van der Waals surface area contributed by atoms with E-state index in [1.165, 1.54) is 25.7 Å². The fourth-order valence-corrected chi connectivity index (χ4v) is 1.93. The Hall–Kier alpha value is -1.22. The van der Waals surface area contributed by atoms with Gasteiger partial charge in [-0.05, 0) is 12.5 Å². The summed E-state index contributed by atoms with van der Waals surface area (Å²) in [5.74, 6) is 1.57. The van der Waals surface area contributed by atoms with Crippen LogP contribution < -0.4 is 15.2 Å². The van der Waals surface area contributed by atoms with Gasteiger partial charge in [0.15, 0.2) is 11.5 Å². The highest BCUT2D eigenvalue weighted by molar-refractivity contribution is 5.46. The van der Waals surface area contributed by atoms with Gasteiger partial charge in [-0.25, -0.2) is 0 Å². The second kappa shape index (κ2) is 8.81. The van der Waals surface area contributed by atoms with Crippen LogP contribution in [0.25, 0.3) is 0 Å². The zero-order valence-electron chi connectivity index (χ0n) is 11.6. The molecule has 0 spiro atoms. The van der Waals surface area contributed by atoms with E-state index in [4.69, 9.17) is 15.2 Å². The fourth-order valence-electron chi connectivity index (χ4n) is 1.93. The number of methoxy groups -OCH3 is 1. The molecule has 0 atom stereocenters. The fraction of sp³-hybridized carbons (Fsp3) is 0.600. The molecule has 0 bridgehead atoms. The van der Waals surface area contributed by atoms with Crippen LogP contribution in [0.2, 0.25) is 0 Å². The predicted molar refractivity (Wildman–Crippen MR) is 75.1 cm³/mol. The molecule has 18 heavy (non-hydrogen) atoms. The molecule has 0 aliphatic carbocycles. The van der Waals surface area contributed by atoms with Gasteiger partial charge >= 0.3 is 0 Å². The molecular weight excluding hydrogens is 226 g/mol. The van der Waals surface area contributed by atoms with Crippen LogP contribution in [0.5, 0.6) is 11.5 Å². The molecule has 1 rings (SSSR count). The van der Waals surface area contributed by atoms with Crippen LogP contribution in [-0.2, 0) is 6.54 Å². The second-order valence-corrected chi connectivity index (χ2v) is 4.42. The van der Waals surface area contributed by atoms with E-state index in [-0.39, 0.29) is 0 Å². The van der Waals surface area contributed by atoms with Crippen molar-refractivity contribution < 1.29 is 9.47 Å². The first kappa shape index (κ1) is 14.8. The van der Waals surface area contributed by atoms with E-state index in [0.29, 0.717) is 6.54 Å². The van der Waals surface area contributed by atoms with Crippen molar-refractivity contribution in [2.75, 3.05) is 13.7 Å². The van der Waals surface area contributed by atoms with Crippen LogP contribution in [0.1, 0.15) is 44.6 Å². The highest BCUT2D eigenvalue weighted by Gasteiger charge is 2.08. The summed E-state index contributed by atoms with van der Waals surface area (Å²) in [5, 5.41) is 0. The summed E-state index contributed by atoms with van der Waals surface area (Å²) in [7, 11) is 1.66. The molecule has 0 radical (unpaired) electrons. The lowest BCUT2D eigenvalue weighted by Crippen LogP contribution is -2.05. The molecule has 2 N–H and O–H groups in total. The summed E-state index contributed by atoms with van der Waals surface area (Å²) in [4.78, 5) is 0. The van der Waals surface area contributed by atoms with Crippen molar-refractivity contribution in [3.05, 3.63) is 23.8 Å². The molecule has 0 aliphatic heterocycles. The van der Waals surface area contributed by atoms with E-state index < -0.39 is 0 Å². The molecule has 1 aromatic rings. The number of hydrogen-bond acceptors (Lipinski definition) is 3. The number of hydrogen-bond donors (Lipinski definition) is 1. The van der Waals surface area contributed by atoms with Gasteiger partial charge in [0.2, 0.25) is 0 Å². The lowest BCUT2D eigenvalue weighted by Gasteiger charge is -2.14. The van der Waals surface area contributed by atoms with Crippen LogP contribution in [0, 0.1) is 0 Å². The molecule has 3 nitrogen and oxygen atoms in total. The van der Waals surface area contributed by atoms with E-state index in [2.05, 4.69) is 6.92 Å². The van der Waals surface area contributed by atoms with Crippen LogP contribution in [0.15, 0.2) is 18.2 Å². The van der Waals surface area contributed by atoms with Crippen molar-refractivity contribution in [1.29, 1.82) is 0 Å². The average molecular weight is 251 g/mol. The van der Waals surface area contributed by atoms with Crippen LogP contribution in [0.3, 0.4) is 0 Å². The summed E-state index contributed by atoms with van der Waals surface area (Å²) in [6, 6.07) is 5.83. The average Bonchev–Trinajstić information content (AvgIpc) is 2.42. The van der Waals surface area contributed by atoms with Gasteiger partial charge in [-0.3, -0.25) is 0 Å². The Morgan fingerprint density at radius 1 is 1.11 bits per heavy atom. The molecule has 0 aromatic heterocycles. The van der Waals surface area contributed by atoms with Gasteiger partial charge < -0.3 is 15.2 Å². The molecule has 0 heterocycles. The smallest absolute Gasteiger partial charge is 0.165 e. The summed E-state index contributed by atoms with van der Waals surface area (Å²) in [6.07, 6.45) is 6.17. The van der Waals surface area contributed by atoms with Crippen molar-refractivity contribution in [3.63, 3.8) is 0 Å². The first-order valence-corrected chi connectivity index (χ1v) is 6.82. The van der Waals surface area contributed by atoms with Gasteiger partial charge in [-0.2, -0.15) is 0 Å². The van der Waals surface area contributed by atoms with Gasteiger partial charge in [0.1, 0.15) is 0 Å². The summed E-state index contributed by atoms with van der Waals surface area (Å²) >= 11 is 0. The number of benzene rings is 1. The maximum atomic E-state index is 5.83. The van der Waals surface area contributed by atoms with Crippen LogP contribution >= 0.6 is 0 Å². The maximum absolute atomic E-state index is 5.83. The Bertz CT molecular complexity index is 317. The zero-order chi connectivity index (χ0) is 13.2. The van der Waals surface area contributed by atoms with Gasteiger partial charge in [-0.1, -0.05) is 44.7 Å². The Labute approximate surface area is 110 Å². The minimum Gasteiger partial charge on any atom is -0.493 e. The molecule has 0 fully saturated rings. The number of unbranched alkanes of at least 4 members (excludes halogenated alkanes) is 4. The normalized spacial score (nSPS) is 10.4. The molecule has 0 aliphatic rings. The van der Waals surface area contributed by atoms with Crippen molar-refractivity contribution in [2.45, 2.75) is 45.6 Å². The number of rotatable bonds is 9. The minimum atomic E-state index is 0.475. The van der Waals surface area contributed by atoms with Gasteiger partial charge in [-0.15, -0.1) is 0 Å². The first-order chi connectivity index (χ1) is 8.83. The lowest BCUT2D eigenvalue weighted by molar-refractivity contribution is 0.282. The minimum absolute atomic E-state index is 0.475. The third kappa shape index (κ3) is 4.57. The monoisotopic (exact) mass is 251 g/mol. The van der Waals surface area contributed by atoms with E-state index in [1.54, 1.807) is 7.11 Å². The largest absolute Gasteiger partial charge is 0.493 e. The van der Waals surface area contributed by atoms with Crippen molar-refractivity contribution in [3.8, 4) is 11.5 Å². The highest BCUT2D eigenvalue weighted by atomic mass is 16.5. The van der Waals surface area contributed by atoms with Gasteiger partial charge in [0, 0.05) is 12.1 Å². The molecule has 0 saturated carbocycles. The molecule has 0 saturated heterocycles. The van der Waals surface area contributed by atoms with Crippen molar-refractivity contribution in [1.82, 2.24) is 0 Å². The van der Waals surface area contributed by atoms with Gasteiger partial charge in [0.25, 0.3) is 0 Å². The maximum Gasteiger partial charge on any atom is 0.165 e. The number of ether oxygens (including phenoxy) is 2. The van der Waals surface area contributed by atoms with Gasteiger partial charge in [0.05, 0.1) is 13.7 Å². The topological polar surface area (TPSA) is 44.5 Å². The zero-order valence-corrected chi connectivity index (χ0v) is 11.6. The Morgan fingerprint density at radius 3 is 2.56 bits per heavy atom. The SMILES string of the molecule is CCCCCCCOc1c(CN)cccc1OC. The molecule has 1 aromatic carbocycles. The van der Waals surface area contributed by atoms with Crippen LogP contribution in [-0.4, -0.2) is 13.7 Å². The molecular formula is C15H25NO2. The van der Waals surface area contributed by atoms with Crippen LogP contribution in [0.4, 0.5) is 0 Å². The van der Waals surface area contributed by atoms with E-state index in [1.807, 2.05) is 18.2 Å². The Kier molecular flexibility index (Phi) is 7.26. The molecule has 0 unspecified atom stereocenters. The van der Waals surface area contributed by atoms with E-state index in [0.717, 1.165) is 30.1 Å². The highest BCUT2D eigenvalue weighted by Crippen LogP contribution is 2.30. The molecule has 3 heteroatoms. The number of para-hydroxylation sites is 1. The third-order valence-electron chi connectivity index (χ3n) is 2.99. The summed E-state index contributed by atoms with van der Waals surface area (Å²) in [6.45, 7) is 3.43. The molecule has 0 amide bonds. The van der Waals surface area contributed by atoms with Crippen molar-refractivity contribution in [2.24, 2.45) is 5.73 Å². The first-order valence-electron chi connectivity index (χ1n) is 6.82. The Morgan fingerprint density at radius 2 is 1.89 bits per heavy atom. The third-order valence-corrected chi connectivity index (χ3v) is 2.99. The summed E-state index contributed by atoms with van der Waals surface area (Å²) < 4.78 is 11.1.